The van der Waals surface area contributed by atoms with Crippen LogP contribution in [0, 0.1) is 17.8 Å². The Kier molecular flexibility index (Phi) is 6.98. The van der Waals surface area contributed by atoms with Crippen LogP contribution in [-0.4, -0.2) is 55.0 Å². The van der Waals surface area contributed by atoms with E-state index in [1.54, 1.807) is 24.3 Å². The predicted molar refractivity (Wildman–Crippen MR) is 140 cm³/mol. The SMILES string of the molecule is Cc1cccc(NC(=O)N[C@@H]2COc3ccccc3N(CC(=O)N3CC(C)(C)CC(C)(C)C3)C2=O)c1. The maximum absolute atomic E-state index is 13.7. The van der Waals surface area contributed by atoms with Gasteiger partial charge < -0.3 is 20.3 Å². The summed E-state index contributed by atoms with van der Waals surface area (Å²) in [5.74, 6) is -0.00608. The van der Waals surface area contributed by atoms with Gasteiger partial charge in [-0.15, -0.1) is 0 Å². The van der Waals surface area contributed by atoms with E-state index in [4.69, 9.17) is 4.74 Å². The minimum atomic E-state index is -0.954. The summed E-state index contributed by atoms with van der Waals surface area (Å²) in [6.07, 6.45) is 1.02. The summed E-state index contributed by atoms with van der Waals surface area (Å²) in [4.78, 5) is 43.2. The first-order valence-corrected chi connectivity index (χ1v) is 12.4. The zero-order valence-corrected chi connectivity index (χ0v) is 21.8. The van der Waals surface area contributed by atoms with Gasteiger partial charge in [-0.25, -0.2) is 4.79 Å². The van der Waals surface area contributed by atoms with Gasteiger partial charge in [0.1, 0.15) is 24.9 Å². The van der Waals surface area contributed by atoms with Crippen molar-refractivity contribution in [3.05, 3.63) is 54.1 Å². The topological polar surface area (TPSA) is 91.0 Å². The molecule has 2 heterocycles. The molecular formula is C28H36N4O4. The molecule has 0 bridgehead atoms. The first-order chi connectivity index (χ1) is 16.9. The first-order valence-electron chi connectivity index (χ1n) is 12.4. The quantitative estimate of drug-likeness (QED) is 0.670. The Labute approximate surface area is 213 Å². The van der Waals surface area contributed by atoms with Crippen molar-refractivity contribution in [3.8, 4) is 5.75 Å². The highest BCUT2D eigenvalue weighted by Gasteiger charge is 2.41. The lowest BCUT2D eigenvalue weighted by molar-refractivity contribution is -0.137. The van der Waals surface area contributed by atoms with Crippen LogP contribution >= 0.6 is 0 Å². The van der Waals surface area contributed by atoms with Crippen molar-refractivity contribution in [2.24, 2.45) is 10.8 Å². The number of benzene rings is 2. The fourth-order valence-electron chi connectivity index (χ4n) is 5.58. The number of nitrogens with zero attached hydrogens (tertiary/aromatic N) is 2. The zero-order valence-electron chi connectivity index (χ0n) is 21.8. The highest BCUT2D eigenvalue weighted by Crippen LogP contribution is 2.40. The highest BCUT2D eigenvalue weighted by molar-refractivity contribution is 6.05. The average molecular weight is 493 g/mol. The molecule has 8 heteroatoms. The van der Waals surface area contributed by atoms with E-state index in [0.29, 0.717) is 30.2 Å². The van der Waals surface area contributed by atoms with Gasteiger partial charge in [0.15, 0.2) is 0 Å². The molecule has 192 valence electrons. The Morgan fingerprint density at radius 2 is 1.72 bits per heavy atom. The number of para-hydroxylation sites is 2. The standard InChI is InChI=1S/C28H36N4O4/c1-19-9-8-10-20(13-19)29-26(35)30-21-15-36-23-12-7-6-11-22(23)32(25(21)34)14-24(33)31-17-27(2,3)16-28(4,5)18-31/h6-13,21H,14-18H2,1-5H3,(H2,29,30,35)/t21-/m1/s1. The number of amides is 4. The van der Waals surface area contributed by atoms with Gasteiger partial charge in [0, 0.05) is 18.8 Å². The number of fused-ring (bicyclic) bond motifs is 1. The van der Waals surface area contributed by atoms with Crippen LogP contribution in [-0.2, 0) is 9.59 Å². The smallest absolute Gasteiger partial charge is 0.320 e. The molecule has 1 saturated heterocycles. The molecule has 2 aliphatic rings. The Balaban J connectivity index is 1.53. The summed E-state index contributed by atoms with van der Waals surface area (Å²) in [6.45, 7) is 11.7. The van der Waals surface area contributed by atoms with Crippen LogP contribution in [0.15, 0.2) is 48.5 Å². The van der Waals surface area contributed by atoms with Crippen molar-refractivity contribution in [1.29, 1.82) is 0 Å². The minimum absolute atomic E-state index is 0.0147. The largest absolute Gasteiger partial charge is 0.489 e. The highest BCUT2D eigenvalue weighted by atomic mass is 16.5. The van der Waals surface area contributed by atoms with Crippen molar-refractivity contribution >= 4 is 29.2 Å². The summed E-state index contributed by atoms with van der Waals surface area (Å²) in [5, 5.41) is 5.50. The van der Waals surface area contributed by atoms with E-state index >= 15 is 0 Å². The molecule has 2 aromatic carbocycles. The van der Waals surface area contributed by atoms with Crippen molar-refractivity contribution in [2.45, 2.75) is 47.1 Å². The molecule has 0 aliphatic carbocycles. The van der Waals surface area contributed by atoms with Crippen LogP contribution in [0.1, 0.15) is 39.7 Å². The summed E-state index contributed by atoms with van der Waals surface area (Å²) in [5.41, 5.74) is 2.12. The second kappa shape index (κ2) is 9.84. The maximum Gasteiger partial charge on any atom is 0.320 e. The molecule has 8 nitrogen and oxygen atoms in total. The molecule has 2 aromatic rings. The number of carbonyl (C=O) groups is 3. The number of hydrogen-bond donors (Lipinski definition) is 2. The van der Waals surface area contributed by atoms with E-state index < -0.39 is 12.1 Å². The predicted octanol–water partition coefficient (Wildman–Crippen LogP) is 4.20. The monoisotopic (exact) mass is 492 g/mol. The lowest BCUT2D eigenvalue weighted by Crippen LogP contribution is -2.56. The number of piperidine rings is 1. The third-order valence-corrected chi connectivity index (χ3v) is 6.55. The van der Waals surface area contributed by atoms with Gasteiger partial charge >= 0.3 is 6.03 Å². The lowest BCUT2D eigenvalue weighted by atomic mass is 9.71. The average Bonchev–Trinajstić information content (AvgIpc) is 2.89. The van der Waals surface area contributed by atoms with Crippen LogP contribution in [0.4, 0.5) is 16.2 Å². The summed E-state index contributed by atoms with van der Waals surface area (Å²) in [6, 6.07) is 13.1. The van der Waals surface area contributed by atoms with Crippen LogP contribution < -0.4 is 20.3 Å². The molecule has 0 spiro atoms. The summed E-state index contributed by atoms with van der Waals surface area (Å²) >= 11 is 0. The first kappa shape index (κ1) is 25.5. The molecule has 4 rings (SSSR count). The molecule has 1 fully saturated rings. The summed E-state index contributed by atoms with van der Waals surface area (Å²) < 4.78 is 5.90. The zero-order chi connectivity index (χ0) is 26.1. The number of carbonyl (C=O) groups excluding carboxylic acids is 3. The Morgan fingerprint density at radius 1 is 1.03 bits per heavy atom. The van der Waals surface area contributed by atoms with E-state index in [2.05, 4.69) is 38.3 Å². The molecular weight excluding hydrogens is 456 g/mol. The van der Waals surface area contributed by atoms with Gasteiger partial charge in [0.2, 0.25) is 5.91 Å². The van der Waals surface area contributed by atoms with Crippen LogP contribution in [0.25, 0.3) is 0 Å². The lowest BCUT2D eigenvalue weighted by Gasteiger charge is -2.47. The second-order valence-electron chi connectivity index (χ2n) is 11.5. The number of ether oxygens (including phenoxy) is 1. The fraction of sp³-hybridized carbons (Fsp3) is 0.464. The van der Waals surface area contributed by atoms with Crippen molar-refractivity contribution in [2.75, 3.05) is 36.5 Å². The molecule has 0 aromatic heterocycles. The molecule has 0 radical (unpaired) electrons. The number of anilines is 2. The number of aryl methyl sites for hydroxylation is 1. The van der Waals surface area contributed by atoms with E-state index in [1.807, 2.05) is 36.1 Å². The van der Waals surface area contributed by atoms with Crippen LogP contribution in [0.5, 0.6) is 5.75 Å². The molecule has 36 heavy (non-hydrogen) atoms. The van der Waals surface area contributed by atoms with Gasteiger partial charge in [0.05, 0.1) is 5.69 Å². The molecule has 2 aliphatic heterocycles. The van der Waals surface area contributed by atoms with E-state index in [-0.39, 0.29) is 35.8 Å². The molecule has 0 unspecified atom stereocenters. The van der Waals surface area contributed by atoms with Crippen LogP contribution in [0.2, 0.25) is 0 Å². The number of hydrogen-bond acceptors (Lipinski definition) is 4. The minimum Gasteiger partial charge on any atom is -0.489 e. The second-order valence-corrected chi connectivity index (χ2v) is 11.5. The molecule has 1 atom stereocenters. The Hall–Kier alpha value is -3.55. The Morgan fingerprint density at radius 3 is 2.42 bits per heavy atom. The Bertz CT molecular complexity index is 1140. The van der Waals surface area contributed by atoms with E-state index in [0.717, 1.165) is 12.0 Å². The fourth-order valence-corrected chi connectivity index (χ4v) is 5.58. The summed E-state index contributed by atoms with van der Waals surface area (Å²) in [7, 11) is 0. The van der Waals surface area contributed by atoms with Crippen molar-refractivity contribution in [1.82, 2.24) is 10.2 Å². The number of rotatable bonds is 4. The number of urea groups is 1. The third kappa shape index (κ3) is 5.98. The van der Waals surface area contributed by atoms with Gasteiger partial charge in [-0.1, -0.05) is 52.0 Å². The number of nitrogens with one attached hydrogen (secondary N) is 2. The van der Waals surface area contributed by atoms with E-state index in [9.17, 15) is 14.4 Å². The molecule has 0 saturated carbocycles. The third-order valence-electron chi connectivity index (χ3n) is 6.55. The number of likely N-dealkylation sites (tertiary alicyclic amines) is 1. The van der Waals surface area contributed by atoms with Crippen molar-refractivity contribution < 1.29 is 19.1 Å². The van der Waals surface area contributed by atoms with Gasteiger partial charge in [-0.05, 0) is 54.0 Å². The van der Waals surface area contributed by atoms with Crippen LogP contribution in [0.3, 0.4) is 0 Å². The maximum atomic E-state index is 13.7. The molecule has 4 amide bonds. The van der Waals surface area contributed by atoms with E-state index in [1.165, 1.54) is 4.90 Å². The normalized spacial score (nSPS) is 20.6. The van der Waals surface area contributed by atoms with Crippen molar-refractivity contribution in [3.63, 3.8) is 0 Å². The van der Waals surface area contributed by atoms with Gasteiger partial charge in [0.25, 0.3) is 5.91 Å². The molecule has 2 N–H and O–H groups in total. The van der Waals surface area contributed by atoms with Gasteiger partial charge in [-0.2, -0.15) is 0 Å². The van der Waals surface area contributed by atoms with Gasteiger partial charge in [-0.3, -0.25) is 14.5 Å².